The summed E-state index contributed by atoms with van der Waals surface area (Å²) in [7, 11) is 0. The van der Waals surface area contributed by atoms with E-state index >= 15 is 0 Å². The lowest BCUT2D eigenvalue weighted by Gasteiger charge is -2.28. The number of nitrogens with zero attached hydrogens (tertiary/aromatic N) is 4. The number of thiocarbonyl (C=S) groups is 1. The highest BCUT2D eigenvalue weighted by Crippen LogP contribution is 2.42. The molecule has 4 aromatic rings. The van der Waals surface area contributed by atoms with Crippen LogP contribution in [0.25, 0.3) is 5.82 Å². The molecule has 4 heterocycles. The second kappa shape index (κ2) is 8.55. The first-order chi connectivity index (χ1) is 15.6. The fourth-order valence-electron chi connectivity index (χ4n) is 4.62. The molecule has 0 aliphatic carbocycles. The van der Waals surface area contributed by atoms with E-state index in [-0.39, 0.29) is 12.1 Å². The summed E-state index contributed by atoms with van der Waals surface area (Å²) >= 11 is 5.84. The average Bonchev–Trinajstić information content (AvgIpc) is 3.30. The van der Waals surface area contributed by atoms with E-state index in [9.17, 15) is 0 Å². The Morgan fingerprint density at radius 1 is 0.906 bits per heavy atom. The van der Waals surface area contributed by atoms with Gasteiger partial charge in [0.15, 0.2) is 5.11 Å². The van der Waals surface area contributed by atoms with Crippen molar-refractivity contribution in [2.24, 2.45) is 0 Å². The zero-order valence-electron chi connectivity index (χ0n) is 18.1. The minimum absolute atomic E-state index is 0.0151. The van der Waals surface area contributed by atoms with Gasteiger partial charge in [0.2, 0.25) is 0 Å². The molecule has 2 atom stereocenters. The Balaban J connectivity index is 1.62. The van der Waals surface area contributed by atoms with Crippen molar-refractivity contribution in [3.63, 3.8) is 0 Å². The van der Waals surface area contributed by atoms with Gasteiger partial charge >= 0.3 is 0 Å². The second-order valence-electron chi connectivity index (χ2n) is 8.09. The van der Waals surface area contributed by atoms with E-state index in [0.29, 0.717) is 0 Å². The Morgan fingerprint density at radius 2 is 1.62 bits per heavy atom. The Labute approximate surface area is 193 Å². The smallest absolute Gasteiger partial charge is 0.170 e. The molecule has 1 saturated heterocycles. The lowest BCUT2D eigenvalue weighted by Crippen LogP contribution is -2.29. The van der Waals surface area contributed by atoms with Gasteiger partial charge in [-0.15, -0.1) is 0 Å². The van der Waals surface area contributed by atoms with E-state index < -0.39 is 0 Å². The molecule has 1 aliphatic rings. The van der Waals surface area contributed by atoms with Crippen molar-refractivity contribution >= 4 is 17.3 Å². The first kappa shape index (κ1) is 20.4. The van der Waals surface area contributed by atoms with Crippen LogP contribution >= 0.6 is 12.2 Å². The number of pyridine rings is 2. The minimum Gasteiger partial charge on any atom is -0.352 e. The SMILES string of the molecule is Cc1cc(C2C(c3ccccn3)NC(=S)N2Cc2ccccc2)c(C)n1-c1ccccn1. The molecule has 6 heteroatoms. The summed E-state index contributed by atoms with van der Waals surface area (Å²) in [6.07, 6.45) is 3.67. The summed E-state index contributed by atoms with van der Waals surface area (Å²) in [5.41, 5.74) is 5.75. The van der Waals surface area contributed by atoms with Gasteiger partial charge in [-0.05, 0) is 67.5 Å². The van der Waals surface area contributed by atoms with Crippen LogP contribution in [0.2, 0.25) is 0 Å². The molecule has 5 nitrogen and oxygen atoms in total. The van der Waals surface area contributed by atoms with E-state index in [0.717, 1.165) is 34.6 Å². The fourth-order valence-corrected chi connectivity index (χ4v) is 4.93. The normalized spacial score (nSPS) is 18.1. The summed E-state index contributed by atoms with van der Waals surface area (Å²) < 4.78 is 2.22. The average molecular weight is 440 g/mol. The van der Waals surface area contributed by atoms with Crippen molar-refractivity contribution < 1.29 is 0 Å². The molecular formula is C26H25N5S. The molecule has 0 amide bonds. The van der Waals surface area contributed by atoms with Gasteiger partial charge in [-0.2, -0.15) is 0 Å². The zero-order chi connectivity index (χ0) is 22.1. The van der Waals surface area contributed by atoms with Crippen molar-refractivity contribution in [1.29, 1.82) is 0 Å². The van der Waals surface area contributed by atoms with Crippen molar-refractivity contribution in [3.05, 3.63) is 113 Å². The highest BCUT2D eigenvalue weighted by molar-refractivity contribution is 7.80. The van der Waals surface area contributed by atoms with E-state index in [4.69, 9.17) is 12.2 Å². The number of hydrogen-bond acceptors (Lipinski definition) is 3. The Kier molecular flexibility index (Phi) is 5.45. The van der Waals surface area contributed by atoms with Gasteiger partial charge < -0.3 is 14.8 Å². The van der Waals surface area contributed by atoms with Crippen molar-refractivity contribution in [1.82, 2.24) is 24.8 Å². The number of benzene rings is 1. The van der Waals surface area contributed by atoms with E-state index in [1.807, 2.05) is 48.8 Å². The summed E-state index contributed by atoms with van der Waals surface area (Å²) in [5, 5.41) is 4.30. The van der Waals surface area contributed by atoms with E-state index in [2.05, 4.69) is 75.0 Å². The first-order valence-corrected chi connectivity index (χ1v) is 11.2. The fraction of sp³-hybridized carbons (Fsp3) is 0.192. The van der Waals surface area contributed by atoms with Crippen LogP contribution in [0.15, 0.2) is 85.2 Å². The van der Waals surface area contributed by atoms with Crippen LogP contribution < -0.4 is 5.32 Å². The van der Waals surface area contributed by atoms with Gasteiger partial charge in [0, 0.05) is 30.3 Å². The maximum absolute atomic E-state index is 5.84. The third-order valence-corrected chi connectivity index (χ3v) is 6.41. The molecule has 0 bridgehead atoms. The molecule has 2 unspecified atom stereocenters. The minimum atomic E-state index is -0.0369. The standard InChI is InChI=1S/C26H25N5S/c1-18-16-21(19(2)31(18)23-13-7-9-15-28-23)25-24(22-12-6-8-14-27-22)29-26(32)30(25)17-20-10-4-3-5-11-20/h3-16,24-25H,17H2,1-2H3,(H,29,32). The maximum atomic E-state index is 5.84. The van der Waals surface area contributed by atoms with E-state index in [1.165, 1.54) is 11.1 Å². The van der Waals surface area contributed by atoms with Crippen LogP contribution in [0.1, 0.15) is 40.3 Å². The highest BCUT2D eigenvalue weighted by Gasteiger charge is 2.41. The molecule has 160 valence electrons. The molecule has 0 radical (unpaired) electrons. The number of hydrogen-bond donors (Lipinski definition) is 1. The van der Waals surface area contributed by atoms with Crippen molar-refractivity contribution in [2.45, 2.75) is 32.5 Å². The molecule has 0 saturated carbocycles. The van der Waals surface area contributed by atoms with Crippen LogP contribution in [0, 0.1) is 13.8 Å². The van der Waals surface area contributed by atoms with Crippen molar-refractivity contribution in [3.8, 4) is 5.82 Å². The quantitative estimate of drug-likeness (QED) is 0.441. The van der Waals surface area contributed by atoms with Crippen LogP contribution in [-0.2, 0) is 6.54 Å². The van der Waals surface area contributed by atoms with Crippen LogP contribution in [-0.4, -0.2) is 24.5 Å². The lowest BCUT2D eigenvalue weighted by atomic mass is 9.96. The van der Waals surface area contributed by atoms with Gasteiger partial charge in [-0.25, -0.2) is 4.98 Å². The molecule has 1 N–H and O–H groups in total. The summed E-state index contributed by atoms with van der Waals surface area (Å²) in [5.74, 6) is 0.922. The molecular weight excluding hydrogens is 414 g/mol. The highest BCUT2D eigenvalue weighted by atomic mass is 32.1. The van der Waals surface area contributed by atoms with Crippen molar-refractivity contribution in [2.75, 3.05) is 0 Å². The van der Waals surface area contributed by atoms with Gasteiger partial charge in [0.05, 0.1) is 17.8 Å². The van der Waals surface area contributed by atoms with Gasteiger partial charge in [0.1, 0.15) is 5.82 Å². The zero-order valence-corrected chi connectivity index (χ0v) is 19.0. The Bertz CT molecular complexity index is 1220. The third kappa shape index (κ3) is 3.67. The summed E-state index contributed by atoms with van der Waals surface area (Å²) in [6.45, 7) is 5.02. The molecule has 5 rings (SSSR count). The number of rotatable bonds is 5. The topological polar surface area (TPSA) is 46.0 Å². The van der Waals surface area contributed by atoms with Crippen LogP contribution in [0.4, 0.5) is 0 Å². The molecule has 1 aliphatic heterocycles. The van der Waals surface area contributed by atoms with Crippen LogP contribution in [0.5, 0.6) is 0 Å². The third-order valence-electron chi connectivity index (χ3n) is 6.06. The molecule has 1 aromatic carbocycles. The van der Waals surface area contributed by atoms with Gasteiger partial charge in [-0.1, -0.05) is 42.5 Å². The van der Waals surface area contributed by atoms with Gasteiger partial charge in [-0.3, -0.25) is 4.98 Å². The van der Waals surface area contributed by atoms with Crippen LogP contribution in [0.3, 0.4) is 0 Å². The number of aryl methyl sites for hydroxylation is 1. The molecule has 32 heavy (non-hydrogen) atoms. The first-order valence-electron chi connectivity index (χ1n) is 10.8. The second-order valence-corrected chi connectivity index (χ2v) is 8.48. The molecule has 0 spiro atoms. The molecule has 3 aromatic heterocycles. The Hall–Kier alpha value is -3.51. The monoisotopic (exact) mass is 439 g/mol. The predicted octanol–water partition coefficient (Wildman–Crippen LogP) is 5.06. The summed E-state index contributed by atoms with van der Waals surface area (Å²) in [4.78, 5) is 11.5. The largest absolute Gasteiger partial charge is 0.352 e. The lowest BCUT2D eigenvalue weighted by molar-refractivity contribution is 0.310. The van der Waals surface area contributed by atoms with Gasteiger partial charge in [0.25, 0.3) is 0 Å². The maximum Gasteiger partial charge on any atom is 0.170 e. The Morgan fingerprint density at radius 3 is 2.31 bits per heavy atom. The number of nitrogens with one attached hydrogen (secondary N) is 1. The summed E-state index contributed by atoms with van der Waals surface area (Å²) in [6, 6.07) is 24.7. The molecule has 1 fully saturated rings. The van der Waals surface area contributed by atoms with E-state index in [1.54, 1.807) is 0 Å². The number of aromatic nitrogens is 3. The predicted molar refractivity (Wildman–Crippen MR) is 130 cm³/mol.